The highest BCUT2D eigenvalue weighted by molar-refractivity contribution is 5.81. The van der Waals surface area contributed by atoms with Crippen LogP contribution in [0.4, 0.5) is 0 Å². The Hall–Kier alpha value is -4.25. The molecule has 4 rings (SSSR count). The third kappa shape index (κ3) is 9.21. The molecule has 0 aromatic heterocycles. The van der Waals surface area contributed by atoms with Crippen LogP contribution in [0.25, 0.3) is 11.1 Å². The van der Waals surface area contributed by atoms with Crippen molar-refractivity contribution < 1.29 is 23.7 Å². The molecule has 0 fully saturated rings. The van der Waals surface area contributed by atoms with Gasteiger partial charge in [0, 0.05) is 0 Å². The van der Waals surface area contributed by atoms with Crippen molar-refractivity contribution in [3.8, 4) is 28.4 Å². The Balaban J connectivity index is 1.37. The van der Waals surface area contributed by atoms with E-state index in [9.17, 15) is 4.79 Å². The lowest BCUT2D eigenvalue weighted by atomic mass is 9.72. The number of carbonyl (C=O) groups excluding carboxylic acids is 1. The second-order valence-electron chi connectivity index (χ2n) is 14.8. The van der Waals surface area contributed by atoms with Gasteiger partial charge >= 0.3 is 5.97 Å². The summed E-state index contributed by atoms with van der Waals surface area (Å²) in [5, 5.41) is 0. The molecule has 0 bridgehead atoms. The van der Waals surface area contributed by atoms with E-state index in [2.05, 4.69) is 57.7 Å². The Bertz CT molecular complexity index is 1590. The van der Waals surface area contributed by atoms with Gasteiger partial charge in [-0.1, -0.05) is 62.4 Å². The molecule has 0 amide bonds. The van der Waals surface area contributed by atoms with Crippen molar-refractivity contribution in [1.29, 1.82) is 0 Å². The molecule has 5 nitrogen and oxygen atoms in total. The third-order valence-electron chi connectivity index (χ3n) is 9.45. The fourth-order valence-corrected chi connectivity index (χ4v) is 5.58. The lowest BCUT2D eigenvalue weighted by Crippen LogP contribution is -2.52. The van der Waals surface area contributed by atoms with Crippen molar-refractivity contribution in [2.45, 2.75) is 105 Å². The van der Waals surface area contributed by atoms with Crippen molar-refractivity contribution in [3.05, 3.63) is 115 Å². The number of esters is 1. The predicted molar refractivity (Wildman–Crippen MR) is 196 cm³/mol. The van der Waals surface area contributed by atoms with Gasteiger partial charge in [0.05, 0.1) is 0 Å². The number of allylic oxidation sites excluding steroid dienone is 3. The largest absolute Gasteiger partial charge is 0.488 e. The first-order valence-electron chi connectivity index (χ1n) is 17.2. The second kappa shape index (κ2) is 14.9. The monoisotopic (exact) mass is 650 g/mol. The van der Waals surface area contributed by atoms with E-state index in [1.54, 1.807) is 6.08 Å². The SMILES string of the molecule is C=CC(C)(C(=O)OC1=CCC(Cc2ccc(OC(C)(C)CC)cc2)C=C1)C(C)(CC)Oc1ccc(-c2ccc(OC(C)(C)C)cc2)cc1. The van der Waals surface area contributed by atoms with E-state index in [1.165, 1.54) is 5.56 Å². The van der Waals surface area contributed by atoms with Crippen LogP contribution in [0.3, 0.4) is 0 Å². The standard InChI is InChI=1S/C43H54O5/c1-11-41(7,8)47-37-24-16-32(17-25-37)30-31-14-22-35(23-15-31)45-39(44)42(9,12-2)43(10,13-3)48-38-28-20-34(21-29-38)33-18-26-36(27-19-33)46-40(4,5)6/h12,14,16-29,31H,2,11,13,15,30H2,1,3-10H3. The Morgan fingerprint density at radius 3 is 1.73 bits per heavy atom. The van der Waals surface area contributed by atoms with Gasteiger partial charge in [-0.2, -0.15) is 0 Å². The van der Waals surface area contributed by atoms with E-state index in [0.717, 1.165) is 41.9 Å². The van der Waals surface area contributed by atoms with E-state index in [4.69, 9.17) is 18.9 Å². The van der Waals surface area contributed by atoms with Crippen LogP contribution < -0.4 is 14.2 Å². The van der Waals surface area contributed by atoms with Crippen molar-refractivity contribution in [1.82, 2.24) is 0 Å². The summed E-state index contributed by atoms with van der Waals surface area (Å²) < 4.78 is 24.6. The van der Waals surface area contributed by atoms with Gasteiger partial charge in [0.2, 0.25) is 0 Å². The van der Waals surface area contributed by atoms with E-state index >= 15 is 0 Å². The number of rotatable bonds is 14. The Morgan fingerprint density at radius 1 is 0.750 bits per heavy atom. The maximum absolute atomic E-state index is 13.8. The van der Waals surface area contributed by atoms with Crippen LogP contribution in [0.1, 0.15) is 87.1 Å². The summed E-state index contributed by atoms with van der Waals surface area (Å²) in [6.07, 6.45) is 10.9. The number of benzene rings is 3. The highest BCUT2D eigenvalue weighted by Gasteiger charge is 2.51. The van der Waals surface area contributed by atoms with Crippen LogP contribution >= 0.6 is 0 Å². The summed E-state index contributed by atoms with van der Waals surface area (Å²) in [4.78, 5) is 13.8. The minimum Gasteiger partial charge on any atom is -0.488 e. The first-order chi connectivity index (χ1) is 22.6. The average Bonchev–Trinajstić information content (AvgIpc) is 3.06. The van der Waals surface area contributed by atoms with Crippen LogP contribution in [0.5, 0.6) is 17.2 Å². The normalized spacial score (nSPS) is 17.4. The molecular weight excluding hydrogens is 596 g/mol. The third-order valence-corrected chi connectivity index (χ3v) is 9.45. The van der Waals surface area contributed by atoms with Gasteiger partial charge in [0.1, 0.15) is 45.2 Å². The number of ether oxygens (including phenoxy) is 4. The van der Waals surface area contributed by atoms with Crippen LogP contribution in [-0.4, -0.2) is 22.8 Å². The smallest absolute Gasteiger partial charge is 0.325 e. The van der Waals surface area contributed by atoms with E-state index in [-0.39, 0.29) is 11.2 Å². The van der Waals surface area contributed by atoms with Crippen LogP contribution in [0, 0.1) is 11.3 Å². The van der Waals surface area contributed by atoms with Crippen molar-refractivity contribution in [3.63, 3.8) is 0 Å². The van der Waals surface area contributed by atoms with Crippen LogP contribution in [0.15, 0.2) is 109 Å². The Morgan fingerprint density at radius 2 is 1.27 bits per heavy atom. The van der Waals surface area contributed by atoms with Crippen molar-refractivity contribution >= 4 is 5.97 Å². The maximum atomic E-state index is 13.8. The average molecular weight is 651 g/mol. The van der Waals surface area contributed by atoms with Crippen LogP contribution in [-0.2, 0) is 16.0 Å². The summed E-state index contributed by atoms with van der Waals surface area (Å²) in [5.41, 5.74) is 0.944. The molecule has 5 heteroatoms. The number of hydrogen-bond donors (Lipinski definition) is 0. The predicted octanol–water partition coefficient (Wildman–Crippen LogP) is 11.1. The van der Waals surface area contributed by atoms with Gasteiger partial charge in [-0.25, -0.2) is 0 Å². The molecule has 3 aromatic carbocycles. The van der Waals surface area contributed by atoms with Crippen molar-refractivity contribution in [2.24, 2.45) is 11.3 Å². The summed E-state index contributed by atoms with van der Waals surface area (Å²) in [7, 11) is 0. The van der Waals surface area contributed by atoms with Gasteiger partial charge in [0.15, 0.2) is 0 Å². The first-order valence-corrected chi connectivity index (χ1v) is 17.2. The van der Waals surface area contributed by atoms with Gasteiger partial charge in [-0.05, 0) is 145 Å². The topological polar surface area (TPSA) is 54.0 Å². The molecule has 0 saturated heterocycles. The van der Waals surface area contributed by atoms with Crippen LogP contribution in [0.2, 0.25) is 0 Å². The van der Waals surface area contributed by atoms with E-state index < -0.39 is 17.0 Å². The molecule has 1 aliphatic rings. The van der Waals surface area contributed by atoms with E-state index in [0.29, 0.717) is 23.8 Å². The molecule has 0 N–H and O–H groups in total. The molecular formula is C43H54O5. The molecule has 3 atom stereocenters. The number of carbonyl (C=O) groups is 1. The molecule has 0 aliphatic heterocycles. The highest BCUT2D eigenvalue weighted by Crippen LogP contribution is 2.41. The van der Waals surface area contributed by atoms with Gasteiger partial charge in [0.25, 0.3) is 0 Å². The molecule has 0 heterocycles. The summed E-state index contributed by atoms with van der Waals surface area (Å²) in [6, 6.07) is 24.4. The maximum Gasteiger partial charge on any atom is 0.325 e. The zero-order chi connectivity index (χ0) is 35.2. The summed E-state index contributed by atoms with van der Waals surface area (Å²) in [5.74, 6) is 2.87. The van der Waals surface area contributed by atoms with Gasteiger partial charge in [-0.15, -0.1) is 6.58 Å². The lowest BCUT2D eigenvalue weighted by molar-refractivity contribution is -0.158. The molecule has 0 radical (unpaired) electrons. The zero-order valence-corrected chi connectivity index (χ0v) is 30.4. The van der Waals surface area contributed by atoms with Gasteiger partial charge in [-0.3, -0.25) is 4.79 Å². The minimum absolute atomic E-state index is 0.184. The van der Waals surface area contributed by atoms with Crippen molar-refractivity contribution in [2.75, 3.05) is 0 Å². The fourth-order valence-electron chi connectivity index (χ4n) is 5.58. The molecule has 3 aromatic rings. The number of hydrogen-bond acceptors (Lipinski definition) is 5. The summed E-state index contributed by atoms with van der Waals surface area (Å²) in [6.45, 7) is 22.3. The first kappa shape index (κ1) is 36.6. The van der Waals surface area contributed by atoms with E-state index in [1.807, 2.05) is 102 Å². The summed E-state index contributed by atoms with van der Waals surface area (Å²) >= 11 is 0. The molecule has 3 unspecified atom stereocenters. The zero-order valence-electron chi connectivity index (χ0n) is 30.4. The molecule has 1 aliphatic carbocycles. The quantitative estimate of drug-likeness (QED) is 0.128. The minimum atomic E-state index is -1.11. The second-order valence-corrected chi connectivity index (χ2v) is 14.8. The lowest BCUT2D eigenvalue weighted by Gasteiger charge is -2.42. The highest BCUT2D eigenvalue weighted by atomic mass is 16.5. The molecule has 256 valence electrons. The molecule has 48 heavy (non-hydrogen) atoms. The Kier molecular flexibility index (Phi) is 11.3. The molecule has 0 saturated carbocycles. The molecule has 0 spiro atoms. The van der Waals surface area contributed by atoms with Gasteiger partial charge < -0.3 is 18.9 Å². The Labute approximate surface area is 288 Å². The fraction of sp³-hybridized carbons (Fsp3) is 0.419.